The first kappa shape index (κ1) is 13.2. The lowest BCUT2D eigenvalue weighted by Crippen LogP contribution is -2.19. The molecule has 0 radical (unpaired) electrons. The van der Waals surface area contributed by atoms with Gasteiger partial charge in [-0.25, -0.2) is 4.98 Å². The SMILES string of the molecule is COc1ccc(C2C[C@@H](O)c3cc(Cl)ccc3O2)cn1. The van der Waals surface area contributed by atoms with Gasteiger partial charge in [0, 0.05) is 34.8 Å². The maximum atomic E-state index is 10.2. The number of aliphatic hydroxyl groups is 1. The van der Waals surface area contributed by atoms with Crippen LogP contribution in [0, 0.1) is 0 Å². The molecule has 2 heterocycles. The van der Waals surface area contributed by atoms with Crippen LogP contribution in [0.2, 0.25) is 5.02 Å². The predicted octanol–water partition coefficient (Wildman–Crippen LogP) is 3.30. The van der Waals surface area contributed by atoms with Crippen molar-refractivity contribution in [3.05, 3.63) is 52.7 Å². The van der Waals surface area contributed by atoms with Crippen LogP contribution in [0.4, 0.5) is 0 Å². The molecule has 0 spiro atoms. The Morgan fingerprint density at radius 1 is 1.35 bits per heavy atom. The Kier molecular flexibility index (Phi) is 3.51. The van der Waals surface area contributed by atoms with E-state index in [1.807, 2.05) is 6.07 Å². The summed E-state index contributed by atoms with van der Waals surface area (Å²) < 4.78 is 10.9. The highest BCUT2D eigenvalue weighted by molar-refractivity contribution is 6.30. The van der Waals surface area contributed by atoms with E-state index in [4.69, 9.17) is 21.1 Å². The minimum atomic E-state index is -0.593. The van der Waals surface area contributed by atoms with Gasteiger partial charge < -0.3 is 14.6 Å². The number of halogens is 1. The number of pyridine rings is 1. The quantitative estimate of drug-likeness (QED) is 0.922. The molecule has 1 aromatic carbocycles. The topological polar surface area (TPSA) is 51.6 Å². The van der Waals surface area contributed by atoms with Crippen LogP contribution in [0.3, 0.4) is 0 Å². The van der Waals surface area contributed by atoms with Gasteiger partial charge in [-0.3, -0.25) is 0 Å². The van der Waals surface area contributed by atoms with Crippen molar-refractivity contribution in [3.63, 3.8) is 0 Å². The molecule has 0 saturated heterocycles. The molecular formula is C15H14ClNO3. The van der Waals surface area contributed by atoms with Crippen LogP contribution in [0.5, 0.6) is 11.6 Å². The summed E-state index contributed by atoms with van der Waals surface area (Å²) in [5.74, 6) is 1.21. The van der Waals surface area contributed by atoms with Gasteiger partial charge in [0.25, 0.3) is 0 Å². The molecule has 3 rings (SSSR count). The maximum Gasteiger partial charge on any atom is 0.212 e. The molecule has 20 heavy (non-hydrogen) atoms. The van der Waals surface area contributed by atoms with E-state index < -0.39 is 6.10 Å². The zero-order chi connectivity index (χ0) is 14.1. The van der Waals surface area contributed by atoms with Gasteiger partial charge in [-0.1, -0.05) is 11.6 Å². The summed E-state index contributed by atoms with van der Waals surface area (Å²) in [6.45, 7) is 0. The summed E-state index contributed by atoms with van der Waals surface area (Å²) in [6, 6.07) is 8.95. The Labute approximate surface area is 121 Å². The van der Waals surface area contributed by atoms with Crippen LogP contribution in [0.15, 0.2) is 36.5 Å². The molecule has 0 aliphatic carbocycles. The molecule has 104 valence electrons. The van der Waals surface area contributed by atoms with Gasteiger partial charge in [0.2, 0.25) is 5.88 Å². The lowest BCUT2D eigenvalue weighted by atomic mass is 9.96. The fraction of sp³-hybridized carbons (Fsp3) is 0.267. The van der Waals surface area contributed by atoms with E-state index >= 15 is 0 Å². The molecule has 1 aromatic heterocycles. The zero-order valence-corrected chi connectivity index (χ0v) is 11.7. The largest absolute Gasteiger partial charge is 0.485 e. The van der Waals surface area contributed by atoms with Crippen LogP contribution in [0.25, 0.3) is 0 Å². The Morgan fingerprint density at radius 2 is 2.20 bits per heavy atom. The smallest absolute Gasteiger partial charge is 0.212 e. The molecule has 4 nitrogen and oxygen atoms in total. The Hall–Kier alpha value is -1.78. The number of rotatable bonds is 2. The van der Waals surface area contributed by atoms with E-state index in [-0.39, 0.29) is 6.10 Å². The molecule has 1 N–H and O–H groups in total. The third-order valence-corrected chi connectivity index (χ3v) is 3.61. The number of methoxy groups -OCH3 is 1. The number of aliphatic hydroxyl groups excluding tert-OH is 1. The summed E-state index contributed by atoms with van der Waals surface area (Å²) in [5.41, 5.74) is 1.64. The second-order valence-corrected chi connectivity index (χ2v) is 5.11. The van der Waals surface area contributed by atoms with E-state index in [0.717, 1.165) is 11.1 Å². The minimum Gasteiger partial charge on any atom is -0.485 e. The average molecular weight is 292 g/mol. The number of aromatic nitrogens is 1. The van der Waals surface area contributed by atoms with Crippen molar-refractivity contribution >= 4 is 11.6 Å². The number of ether oxygens (including phenoxy) is 2. The summed E-state index contributed by atoms with van der Waals surface area (Å²) in [7, 11) is 1.57. The van der Waals surface area contributed by atoms with Crippen LogP contribution in [-0.2, 0) is 0 Å². The van der Waals surface area contributed by atoms with Crippen molar-refractivity contribution in [3.8, 4) is 11.6 Å². The van der Waals surface area contributed by atoms with E-state index in [9.17, 15) is 5.11 Å². The molecule has 2 aromatic rings. The molecule has 0 fully saturated rings. The van der Waals surface area contributed by atoms with Crippen molar-refractivity contribution in [1.82, 2.24) is 4.98 Å². The van der Waals surface area contributed by atoms with Crippen molar-refractivity contribution in [1.29, 1.82) is 0 Å². The lowest BCUT2D eigenvalue weighted by Gasteiger charge is -2.29. The van der Waals surface area contributed by atoms with Crippen LogP contribution < -0.4 is 9.47 Å². The normalized spacial score (nSPS) is 20.9. The third kappa shape index (κ3) is 2.44. The molecule has 1 aliphatic heterocycles. The van der Waals surface area contributed by atoms with Crippen LogP contribution >= 0.6 is 11.6 Å². The van der Waals surface area contributed by atoms with Gasteiger partial charge in [-0.15, -0.1) is 0 Å². The fourth-order valence-corrected chi connectivity index (χ4v) is 2.51. The molecule has 2 atom stereocenters. The Bertz CT molecular complexity index is 615. The highest BCUT2D eigenvalue weighted by Crippen LogP contribution is 2.41. The van der Waals surface area contributed by atoms with Crippen molar-refractivity contribution in [2.45, 2.75) is 18.6 Å². The number of hydrogen-bond acceptors (Lipinski definition) is 4. The summed E-state index contributed by atoms with van der Waals surface area (Å²) in [4.78, 5) is 4.16. The predicted molar refractivity (Wildman–Crippen MR) is 75.2 cm³/mol. The van der Waals surface area contributed by atoms with E-state index in [2.05, 4.69) is 4.98 Å². The monoisotopic (exact) mass is 291 g/mol. The zero-order valence-electron chi connectivity index (χ0n) is 10.9. The van der Waals surface area contributed by atoms with E-state index in [0.29, 0.717) is 23.1 Å². The second-order valence-electron chi connectivity index (χ2n) is 4.67. The summed E-state index contributed by atoms with van der Waals surface area (Å²) >= 11 is 5.94. The third-order valence-electron chi connectivity index (χ3n) is 3.38. The molecule has 0 saturated carbocycles. The number of nitrogens with zero attached hydrogens (tertiary/aromatic N) is 1. The number of hydrogen-bond donors (Lipinski definition) is 1. The first-order valence-corrected chi connectivity index (χ1v) is 6.69. The first-order chi connectivity index (χ1) is 9.67. The Balaban J connectivity index is 1.88. The molecule has 5 heteroatoms. The number of fused-ring (bicyclic) bond motifs is 1. The second kappa shape index (κ2) is 5.31. The molecule has 1 unspecified atom stereocenters. The van der Waals surface area contributed by atoms with Gasteiger partial charge in [0.1, 0.15) is 11.9 Å². The Morgan fingerprint density at radius 3 is 2.90 bits per heavy atom. The van der Waals surface area contributed by atoms with Crippen LogP contribution in [-0.4, -0.2) is 17.2 Å². The van der Waals surface area contributed by atoms with Gasteiger partial charge in [-0.05, 0) is 24.3 Å². The van der Waals surface area contributed by atoms with Gasteiger partial charge >= 0.3 is 0 Å². The summed E-state index contributed by atoms with van der Waals surface area (Å²) in [6.07, 6.45) is 1.36. The highest BCUT2D eigenvalue weighted by atomic mass is 35.5. The average Bonchev–Trinajstić information content (AvgIpc) is 2.48. The maximum absolute atomic E-state index is 10.2. The molecule has 0 amide bonds. The first-order valence-electron chi connectivity index (χ1n) is 6.31. The van der Waals surface area contributed by atoms with Gasteiger partial charge in [0.05, 0.1) is 13.2 Å². The van der Waals surface area contributed by atoms with Crippen molar-refractivity contribution < 1.29 is 14.6 Å². The summed E-state index contributed by atoms with van der Waals surface area (Å²) in [5, 5.41) is 10.8. The standard InChI is InChI=1S/C15H14ClNO3/c1-19-15-5-2-9(8-17-15)14-7-12(18)11-6-10(16)3-4-13(11)20-14/h2-6,8,12,14,18H,7H2,1H3/t12-,14?/m1/s1. The fourth-order valence-electron chi connectivity index (χ4n) is 2.33. The van der Waals surface area contributed by atoms with Crippen molar-refractivity contribution in [2.75, 3.05) is 7.11 Å². The van der Waals surface area contributed by atoms with E-state index in [1.165, 1.54) is 0 Å². The van der Waals surface area contributed by atoms with Crippen LogP contribution in [0.1, 0.15) is 29.8 Å². The lowest BCUT2D eigenvalue weighted by molar-refractivity contribution is 0.0655. The molecular weight excluding hydrogens is 278 g/mol. The minimum absolute atomic E-state index is 0.225. The molecule has 1 aliphatic rings. The number of benzene rings is 1. The van der Waals surface area contributed by atoms with Gasteiger partial charge in [0.15, 0.2) is 0 Å². The van der Waals surface area contributed by atoms with E-state index in [1.54, 1.807) is 37.6 Å². The van der Waals surface area contributed by atoms with Crippen molar-refractivity contribution in [2.24, 2.45) is 0 Å². The highest BCUT2D eigenvalue weighted by Gasteiger charge is 2.28. The molecule has 0 bridgehead atoms. The van der Waals surface area contributed by atoms with Gasteiger partial charge in [-0.2, -0.15) is 0 Å².